The number of nitrogen functional groups attached to an aromatic ring is 1. The summed E-state index contributed by atoms with van der Waals surface area (Å²) < 4.78 is 4.73. The summed E-state index contributed by atoms with van der Waals surface area (Å²) in [5.74, 6) is -0.372. The molecular weight excluding hydrogens is 264 g/mol. The van der Waals surface area contributed by atoms with Crippen molar-refractivity contribution in [2.24, 2.45) is 0 Å². The molecule has 0 aromatic heterocycles. The van der Waals surface area contributed by atoms with Gasteiger partial charge in [-0.2, -0.15) is 0 Å². The largest absolute Gasteiger partial charge is 0.465 e. The molecule has 108 valence electrons. The summed E-state index contributed by atoms with van der Waals surface area (Å²) in [5.41, 5.74) is 10.7. The molecule has 1 aliphatic heterocycles. The number of esters is 1. The molecule has 0 saturated carbocycles. The Labute approximate surface area is 124 Å². The second kappa shape index (κ2) is 5.13. The lowest BCUT2D eigenvalue weighted by Gasteiger charge is -2.26. The highest BCUT2D eigenvalue weighted by Crippen LogP contribution is 2.40. The minimum Gasteiger partial charge on any atom is -0.465 e. The van der Waals surface area contributed by atoms with Gasteiger partial charge in [0.25, 0.3) is 0 Å². The molecule has 1 heterocycles. The van der Waals surface area contributed by atoms with Gasteiger partial charge in [-0.05, 0) is 43.2 Å². The third kappa shape index (κ3) is 2.23. The number of fused-ring (bicyclic) bond motifs is 1. The smallest absolute Gasteiger partial charge is 0.337 e. The maximum atomic E-state index is 11.6. The third-order valence-corrected chi connectivity index (χ3v) is 3.92. The molecule has 0 bridgehead atoms. The number of rotatable bonds is 2. The van der Waals surface area contributed by atoms with Crippen molar-refractivity contribution >= 4 is 23.0 Å². The van der Waals surface area contributed by atoms with E-state index in [1.807, 2.05) is 12.1 Å². The van der Waals surface area contributed by atoms with E-state index in [0.29, 0.717) is 17.3 Å². The molecular formula is C17H18N2O2. The second-order valence-electron chi connectivity index (χ2n) is 5.32. The van der Waals surface area contributed by atoms with Crippen LogP contribution in [0.4, 0.5) is 17.1 Å². The van der Waals surface area contributed by atoms with Crippen molar-refractivity contribution in [3.05, 3.63) is 53.6 Å². The molecule has 4 nitrogen and oxygen atoms in total. The molecule has 0 radical (unpaired) electrons. The number of carbonyl (C=O) groups excluding carboxylic acids is 1. The van der Waals surface area contributed by atoms with Gasteiger partial charge >= 0.3 is 5.97 Å². The maximum absolute atomic E-state index is 11.6. The van der Waals surface area contributed by atoms with Crippen LogP contribution in [0.15, 0.2) is 42.5 Å². The van der Waals surface area contributed by atoms with Crippen LogP contribution in [0.2, 0.25) is 0 Å². The van der Waals surface area contributed by atoms with Gasteiger partial charge in [0.15, 0.2) is 0 Å². The van der Waals surface area contributed by atoms with Gasteiger partial charge < -0.3 is 15.4 Å². The van der Waals surface area contributed by atoms with Crippen LogP contribution in [0.3, 0.4) is 0 Å². The Morgan fingerprint density at radius 2 is 2.00 bits per heavy atom. The predicted molar refractivity (Wildman–Crippen MR) is 83.9 cm³/mol. The summed E-state index contributed by atoms with van der Waals surface area (Å²) in [6.07, 6.45) is 0.994. The lowest BCUT2D eigenvalue weighted by atomic mass is 10.1. The first kappa shape index (κ1) is 13.5. The van der Waals surface area contributed by atoms with Gasteiger partial charge in [0.1, 0.15) is 0 Å². The van der Waals surface area contributed by atoms with Crippen molar-refractivity contribution in [1.29, 1.82) is 0 Å². The number of hydrogen-bond donors (Lipinski definition) is 1. The lowest BCUT2D eigenvalue weighted by molar-refractivity contribution is 0.0601. The summed E-state index contributed by atoms with van der Waals surface area (Å²) in [7, 11) is 1.37. The Kier molecular flexibility index (Phi) is 3.29. The van der Waals surface area contributed by atoms with Crippen molar-refractivity contribution in [3.8, 4) is 0 Å². The number of nitrogens with two attached hydrogens (primary N) is 1. The zero-order valence-corrected chi connectivity index (χ0v) is 12.2. The quantitative estimate of drug-likeness (QED) is 0.679. The van der Waals surface area contributed by atoms with Gasteiger partial charge in [0.05, 0.1) is 24.0 Å². The van der Waals surface area contributed by atoms with E-state index in [1.54, 1.807) is 12.1 Å². The fourth-order valence-electron chi connectivity index (χ4n) is 2.95. The molecule has 0 saturated heterocycles. The highest BCUT2D eigenvalue weighted by molar-refractivity contribution is 5.92. The molecule has 2 aromatic rings. The minimum atomic E-state index is -0.372. The standard InChI is InChI=1S/C17H18N2O2/c1-11-9-12-5-3-4-6-15(12)19(11)16-8-7-13(10-14(16)18)17(20)21-2/h3-8,10-11H,9,18H2,1-2H3. The molecule has 1 aliphatic rings. The Hall–Kier alpha value is -2.49. The number of ether oxygens (including phenoxy) is 1. The van der Waals surface area contributed by atoms with E-state index in [2.05, 4.69) is 30.0 Å². The second-order valence-corrected chi connectivity index (χ2v) is 5.32. The number of methoxy groups -OCH3 is 1. The molecule has 4 heteroatoms. The number of anilines is 3. The summed E-state index contributed by atoms with van der Waals surface area (Å²) in [5, 5.41) is 0. The fraction of sp³-hybridized carbons (Fsp3) is 0.235. The van der Waals surface area contributed by atoms with E-state index >= 15 is 0 Å². The topological polar surface area (TPSA) is 55.6 Å². The first-order chi connectivity index (χ1) is 10.1. The third-order valence-electron chi connectivity index (χ3n) is 3.92. The Bertz CT molecular complexity index is 697. The first-order valence-electron chi connectivity index (χ1n) is 6.97. The van der Waals surface area contributed by atoms with Gasteiger partial charge in [-0.1, -0.05) is 18.2 Å². The van der Waals surface area contributed by atoms with Crippen molar-refractivity contribution < 1.29 is 9.53 Å². The molecule has 21 heavy (non-hydrogen) atoms. The van der Waals surface area contributed by atoms with Crippen LogP contribution in [0.5, 0.6) is 0 Å². The average Bonchev–Trinajstić information content (AvgIpc) is 2.82. The van der Waals surface area contributed by atoms with Crippen LogP contribution in [0.1, 0.15) is 22.8 Å². The Morgan fingerprint density at radius 3 is 2.71 bits per heavy atom. The summed E-state index contributed by atoms with van der Waals surface area (Å²) in [6.45, 7) is 2.17. The van der Waals surface area contributed by atoms with Crippen LogP contribution in [-0.2, 0) is 11.2 Å². The molecule has 0 aliphatic carbocycles. The van der Waals surface area contributed by atoms with E-state index in [-0.39, 0.29) is 5.97 Å². The van der Waals surface area contributed by atoms with Gasteiger partial charge in [-0.3, -0.25) is 0 Å². The van der Waals surface area contributed by atoms with Crippen molar-refractivity contribution in [3.63, 3.8) is 0 Å². The van der Waals surface area contributed by atoms with Crippen molar-refractivity contribution in [2.45, 2.75) is 19.4 Å². The van der Waals surface area contributed by atoms with E-state index in [4.69, 9.17) is 10.5 Å². The summed E-state index contributed by atoms with van der Waals surface area (Å²) in [4.78, 5) is 13.8. The van der Waals surface area contributed by atoms with Gasteiger partial charge in [0, 0.05) is 11.7 Å². The average molecular weight is 282 g/mol. The van der Waals surface area contributed by atoms with Gasteiger partial charge in [-0.25, -0.2) is 4.79 Å². The first-order valence-corrected chi connectivity index (χ1v) is 6.97. The van der Waals surface area contributed by atoms with Gasteiger partial charge in [0.2, 0.25) is 0 Å². The summed E-state index contributed by atoms with van der Waals surface area (Å²) in [6, 6.07) is 14.0. The van der Waals surface area contributed by atoms with Crippen molar-refractivity contribution in [2.75, 3.05) is 17.7 Å². The molecule has 0 fully saturated rings. The maximum Gasteiger partial charge on any atom is 0.337 e. The molecule has 1 unspecified atom stereocenters. The van der Waals surface area contributed by atoms with Crippen LogP contribution in [0, 0.1) is 0 Å². The number of carbonyl (C=O) groups is 1. The van der Waals surface area contributed by atoms with E-state index in [1.165, 1.54) is 18.4 Å². The zero-order chi connectivity index (χ0) is 15.0. The highest BCUT2D eigenvalue weighted by Gasteiger charge is 2.28. The zero-order valence-electron chi connectivity index (χ0n) is 12.2. The molecule has 1 atom stereocenters. The molecule has 3 rings (SSSR count). The van der Waals surface area contributed by atoms with Crippen LogP contribution < -0.4 is 10.6 Å². The Morgan fingerprint density at radius 1 is 1.24 bits per heavy atom. The molecule has 0 amide bonds. The van der Waals surface area contributed by atoms with Crippen LogP contribution in [-0.4, -0.2) is 19.1 Å². The molecule has 0 spiro atoms. The van der Waals surface area contributed by atoms with Crippen LogP contribution >= 0.6 is 0 Å². The predicted octanol–water partition coefficient (Wildman–Crippen LogP) is 3.14. The lowest BCUT2D eigenvalue weighted by Crippen LogP contribution is -2.24. The summed E-state index contributed by atoms with van der Waals surface area (Å²) >= 11 is 0. The highest BCUT2D eigenvalue weighted by atomic mass is 16.5. The SMILES string of the molecule is COC(=O)c1ccc(N2c3ccccc3CC2C)c(N)c1. The fourth-order valence-corrected chi connectivity index (χ4v) is 2.95. The monoisotopic (exact) mass is 282 g/mol. The number of hydrogen-bond acceptors (Lipinski definition) is 4. The molecule has 2 N–H and O–H groups in total. The van der Waals surface area contributed by atoms with Crippen molar-refractivity contribution in [1.82, 2.24) is 0 Å². The number of benzene rings is 2. The van der Waals surface area contributed by atoms with E-state index < -0.39 is 0 Å². The minimum absolute atomic E-state index is 0.341. The molecule has 2 aromatic carbocycles. The number of nitrogens with zero attached hydrogens (tertiary/aromatic N) is 1. The van der Waals surface area contributed by atoms with E-state index in [9.17, 15) is 4.79 Å². The van der Waals surface area contributed by atoms with E-state index in [0.717, 1.165) is 12.1 Å². The normalized spacial score (nSPS) is 16.7. The van der Waals surface area contributed by atoms with Gasteiger partial charge in [-0.15, -0.1) is 0 Å². The number of para-hydroxylation sites is 1. The Balaban J connectivity index is 2.03. The van der Waals surface area contributed by atoms with Crippen LogP contribution in [0.25, 0.3) is 0 Å².